The van der Waals surface area contributed by atoms with Gasteiger partial charge in [0.1, 0.15) is 0 Å². The van der Waals surface area contributed by atoms with Crippen molar-refractivity contribution < 1.29 is 0 Å². The van der Waals surface area contributed by atoms with Gasteiger partial charge in [-0.25, -0.2) is 0 Å². The number of hydrogen-bond donors (Lipinski definition) is 1. The van der Waals surface area contributed by atoms with Gasteiger partial charge in [-0.1, -0.05) is 29.8 Å². The molecule has 1 aliphatic rings. The topological polar surface area (TPSA) is 15.3 Å². The monoisotopic (exact) mass is 274 g/mol. The number of aryl methyl sites for hydroxylation is 1. The molecular weight excluding hydrogens is 244 g/mol. The Labute approximate surface area is 124 Å². The molecule has 2 heteroatoms. The van der Waals surface area contributed by atoms with Crippen LogP contribution in [0.25, 0.3) is 0 Å². The van der Waals surface area contributed by atoms with Crippen molar-refractivity contribution in [3.63, 3.8) is 0 Å². The molecule has 20 heavy (non-hydrogen) atoms. The van der Waals surface area contributed by atoms with Crippen molar-refractivity contribution in [3.05, 3.63) is 35.4 Å². The fourth-order valence-corrected chi connectivity index (χ4v) is 3.02. The van der Waals surface area contributed by atoms with Gasteiger partial charge in [-0.3, -0.25) is 4.90 Å². The van der Waals surface area contributed by atoms with E-state index < -0.39 is 0 Å². The minimum atomic E-state index is 0.231. The van der Waals surface area contributed by atoms with E-state index in [9.17, 15) is 0 Å². The Hall–Kier alpha value is -0.860. The number of hydrogen-bond acceptors (Lipinski definition) is 2. The Morgan fingerprint density at radius 2 is 2.00 bits per heavy atom. The average Bonchev–Trinajstić information content (AvgIpc) is 2.25. The highest BCUT2D eigenvalue weighted by Crippen LogP contribution is 2.32. The lowest BCUT2D eigenvalue weighted by atomic mass is 9.78. The Morgan fingerprint density at radius 1 is 1.25 bits per heavy atom. The number of benzene rings is 1. The SMILES string of the molecule is Cc1cccc(CN(C)C2CCC2CNC(C)(C)C)c1. The molecule has 0 bridgehead atoms. The lowest BCUT2D eigenvalue weighted by Crippen LogP contribution is -2.51. The molecule has 1 aromatic rings. The maximum atomic E-state index is 3.65. The summed E-state index contributed by atoms with van der Waals surface area (Å²) in [6.45, 7) is 11.1. The third-order valence-corrected chi connectivity index (χ3v) is 4.35. The molecule has 1 aromatic carbocycles. The van der Waals surface area contributed by atoms with Crippen LogP contribution < -0.4 is 5.32 Å². The molecule has 2 atom stereocenters. The van der Waals surface area contributed by atoms with Crippen molar-refractivity contribution in [2.45, 2.75) is 58.7 Å². The molecule has 0 radical (unpaired) electrons. The summed E-state index contributed by atoms with van der Waals surface area (Å²) in [5.41, 5.74) is 3.02. The van der Waals surface area contributed by atoms with Crippen molar-refractivity contribution >= 4 is 0 Å². The van der Waals surface area contributed by atoms with E-state index >= 15 is 0 Å². The molecular formula is C18H30N2. The molecule has 1 fully saturated rings. The van der Waals surface area contributed by atoms with Crippen LogP contribution in [0.2, 0.25) is 0 Å². The maximum absolute atomic E-state index is 3.65. The fourth-order valence-electron chi connectivity index (χ4n) is 3.02. The molecule has 1 aliphatic carbocycles. The van der Waals surface area contributed by atoms with E-state index in [0.717, 1.165) is 25.0 Å². The molecule has 0 heterocycles. The maximum Gasteiger partial charge on any atom is 0.0233 e. The van der Waals surface area contributed by atoms with Crippen LogP contribution in [0.1, 0.15) is 44.7 Å². The van der Waals surface area contributed by atoms with Gasteiger partial charge in [0.25, 0.3) is 0 Å². The van der Waals surface area contributed by atoms with E-state index in [0.29, 0.717) is 0 Å². The Balaban J connectivity index is 1.85. The van der Waals surface area contributed by atoms with Crippen molar-refractivity contribution in [2.75, 3.05) is 13.6 Å². The molecule has 0 aromatic heterocycles. The Morgan fingerprint density at radius 3 is 2.55 bits per heavy atom. The van der Waals surface area contributed by atoms with E-state index in [1.54, 1.807) is 0 Å². The molecule has 112 valence electrons. The van der Waals surface area contributed by atoms with Crippen molar-refractivity contribution in [2.24, 2.45) is 5.92 Å². The minimum absolute atomic E-state index is 0.231. The van der Waals surface area contributed by atoms with Crippen LogP contribution in [-0.2, 0) is 6.54 Å². The van der Waals surface area contributed by atoms with Crippen LogP contribution in [0.3, 0.4) is 0 Å². The second-order valence-corrected chi connectivity index (χ2v) is 7.44. The Bertz CT molecular complexity index is 433. The van der Waals surface area contributed by atoms with E-state index in [-0.39, 0.29) is 5.54 Å². The highest BCUT2D eigenvalue weighted by Gasteiger charge is 2.34. The van der Waals surface area contributed by atoms with Crippen LogP contribution in [0.15, 0.2) is 24.3 Å². The van der Waals surface area contributed by atoms with Crippen LogP contribution >= 0.6 is 0 Å². The molecule has 1 N–H and O–H groups in total. The molecule has 0 aliphatic heterocycles. The van der Waals surface area contributed by atoms with Crippen LogP contribution in [-0.4, -0.2) is 30.1 Å². The minimum Gasteiger partial charge on any atom is -0.312 e. The van der Waals surface area contributed by atoms with Gasteiger partial charge in [-0.05, 0) is 65.6 Å². The molecule has 2 unspecified atom stereocenters. The summed E-state index contributed by atoms with van der Waals surface area (Å²) >= 11 is 0. The second kappa shape index (κ2) is 6.28. The van der Waals surface area contributed by atoms with E-state index in [2.05, 4.69) is 69.2 Å². The van der Waals surface area contributed by atoms with Crippen molar-refractivity contribution in [1.82, 2.24) is 10.2 Å². The summed E-state index contributed by atoms with van der Waals surface area (Å²) in [5, 5.41) is 3.65. The third-order valence-electron chi connectivity index (χ3n) is 4.35. The van der Waals surface area contributed by atoms with Gasteiger partial charge >= 0.3 is 0 Å². The van der Waals surface area contributed by atoms with E-state index in [1.165, 1.54) is 24.0 Å². The largest absolute Gasteiger partial charge is 0.312 e. The molecule has 1 saturated carbocycles. The van der Waals surface area contributed by atoms with Gasteiger partial charge in [0.15, 0.2) is 0 Å². The van der Waals surface area contributed by atoms with Crippen LogP contribution in [0, 0.1) is 12.8 Å². The molecule has 0 spiro atoms. The fraction of sp³-hybridized carbons (Fsp3) is 0.667. The molecule has 0 saturated heterocycles. The first-order valence-corrected chi connectivity index (χ1v) is 7.86. The smallest absolute Gasteiger partial charge is 0.0233 e. The van der Waals surface area contributed by atoms with Gasteiger partial charge in [0.05, 0.1) is 0 Å². The second-order valence-electron chi connectivity index (χ2n) is 7.44. The van der Waals surface area contributed by atoms with Gasteiger partial charge in [-0.2, -0.15) is 0 Å². The van der Waals surface area contributed by atoms with Gasteiger partial charge in [0.2, 0.25) is 0 Å². The number of rotatable bonds is 5. The summed E-state index contributed by atoms with van der Waals surface area (Å²) in [7, 11) is 2.27. The van der Waals surface area contributed by atoms with Crippen molar-refractivity contribution in [3.8, 4) is 0 Å². The summed E-state index contributed by atoms with van der Waals surface area (Å²) in [6, 6.07) is 9.62. The van der Waals surface area contributed by atoms with Gasteiger partial charge in [0, 0.05) is 18.1 Å². The first-order valence-electron chi connectivity index (χ1n) is 7.86. The normalized spacial score (nSPS) is 22.9. The first-order chi connectivity index (χ1) is 9.35. The summed E-state index contributed by atoms with van der Waals surface area (Å²) in [4.78, 5) is 2.54. The summed E-state index contributed by atoms with van der Waals surface area (Å²) < 4.78 is 0. The summed E-state index contributed by atoms with van der Waals surface area (Å²) in [5.74, 6) is 0.809. The standard InChI is InChI=1S/C18H30N2/c1-14-7-6-8-15(11-14)13-20(5)17-10-9-16(17)12-19-18(2,3)4/h6-8,11,16-17,19H,9-10,12-13H2,1-5H3. The van der Waals surface area contributed by atoms with Crippen LogP contribution in [0.5, 0.6) is 0 Å². The quantitative estimate of drug-likeness (QED) is 0.882. The number of nitrogens with one attached hydrogen (secondary N) is 1. The van der Waals surface area contributed by atoms with Crippen LogP contribution in [0.4, 0.5) is 0 Å². The average molecular weight is 274 g/mol. The highest BCUT2D eigenvalue weighted by atomic mass is 15.1. The first kappa shape index (κ1) is 15.5. The zero-order valence-electron chi connectivity index (χ0n) is 13.7. The van der Waals surface area contributed by atoms with Gasteiger partial charge < -0.3 is 5.32 Å². The third kappa shape index (κ3) is 4.32. The zero-order valence-corrected chi connectivity index (χ0v) is 13.7. The van der Waals surface area contributed by atoms with E-state index in [1.807, 2.05) is 0 Å². The molecule has 0 amide bonds. The predicted octanol–water partition coefficient (Wildman–Crippen LogP) is 3.59. The lowest BCUT2D eigenvalue weighted by molar-refractivity contribution is 0.0738. The predicted molar refractivity (Wildman–Crippen MR) is 86.9 cm³/mol. The highest BCUT2D eigenvalue weighted by molar-refractivity contribution is 5.22. The van der Waals surface area contributed by atoms with Gasteiger partial charge in [-0.15, -0.1) is 0 Å². The molecule has 2 rings (SSSR count). The van der Waals surface area contributed by atoms with E-state index in [4.69, 9.17) is 0 Å². The Kier molecular flexibility index (Phi) is 4.87. The molecule has 2 nitrogen and oxygen atoms in total. The van der Waals surface area contributed by atoms with Crippen molar-refractivity contribution in [1.29, 1.82) is 0 Å². The summed E-state index contributed by atoms with van der Waals surface area (Å²) in [6.07, 6.45) is 2.71. The number of nitrogens with zero attached hydrogens (tertiary/aromatic N) is 1. The lowest BCUT2D eigenvalue weighted by Gasteiger charge is -2.44. The zero-order chi connectivity index (χ0) is 14.8.